The summed E-state index contributed by atoms with van der Waals surface area (Å²) in [6.07, 6.45) is 0.830. The molecule has 4 nitrogen and oxygen atoms in total. The normalized spacial score (nSPS) is 21.0. The Morgan fingerprint density at radius 2 is 1.88 bits per heavy atom. The molecule has 25 heavy (non-hydrogen) atoms. The quantitative estimate of drug-likeness (QED) is 0.828. The monoisotopic (exact) mass is 339 g/mol. The second-order valence-electron chi connectivity index (χ2n) is 6.67. The van der Waals surface area contributed by atoms with Gasteiger partial charge in [0.1, 0.15) is 5.75 Å². The van der Waals surface area contributed by atoms with Crippen molar-refractivity contribution in [2.75, 3.05) is 26.9 Å². The Morgan fingerprint density at radius 3 is 2.56 bits per heavy atom. The molecule has 2 aliphatic rings. The van der Waals surface area contributed by atoms with Gasteiger partial charge >= 0.3 is 0 Å². The number of hydrogen-bond acceptors (Lipinski definition) is 4. The van der Waals surface area contributed by atoms with Crippen LogP contribution in [0.2, 0.25) is 0 Å². The summed E-state index contributed by atoms with van der Waals surface area (Å²) in [4.78, 5) is 2.50. The van der Waals surface area contributed by atoms with Gasteiger partial charge in [0.2, 0.25) is 0 Å². The van der Waals surface area contributed by atoms with Crippen LogP contribution in [-0.2, 0) is 21.8 Å². The first kappa shape index (κ1) is 16.6. The SMILES string of the molecule is CCN(Cc1ccccc1)C1CC2(OCCO2)c2cc(OC)ccc21. The largest absolute Gasteiger partial charge is 0.497 e. The van der Waals surface area contributed by atoms with Crippen LogP contribution in [0.4, 0.5) is 0 Å². The first-order chi connectivity index (χ1) is 12.3. The van der Waals surface area contributed by atoms with Crippen LogP contribution in [0.15, 0.2) is 48.5 Å². The molecular weight excluding hydrogens is 314 g/mol. The van der Waals surface area contributed by atoms with Crippen LogP contribution in [0.1, 0.15) is 36.1 Å². The summed E-state index contributed by atoms with van der Waals surface area (Å²) < 4.78 is 17.6. The van der Waals surface area contributed by atoms with Crippen LogP contribution in [0.5, 0.6) is 5.75 Å². The molecule has 2 aromatic carbocycles. The molecule has 1 unspecified atom stereocenters. The average Bonchev–Trinajstić information content (AvgIpc) is 3.26. The molecule has 1 spiro atoms. The Balaban J connectivity index is 1.68. The van der Waals surface area contributed by atoms with Gasteiger partial charge < -0.3 is 14.2 Å². The van der Waals surface area contributed by atoms with E-state index in [0.29, 0.717) is 13.2 Å². The minimum Gasteiger partial charge on any atom is -0.497 e. The van der Waals surface area contributed by atoms with Gasteiger partial charge in [0.25, 0.3) is 0 Å². The van der Waals surface area contributed by atoms with Crippen molar-refractivity contribution < 1.29 is 14.2 Å². The fourth-order valence-electron chi connectivity index (χ4n) is 4.07. The zero-order valence-corrected chi connectivity index (χ0v) is 14.9. The lowest BCUT2D eigenvalue weighted by Gasteiger charge is -2.29. The van der Waals surface area contributed by atoms with Crippen molar-refractivity contribution in [3.63, 3.8) is 0 Å². The maximum absolute atomic E-state index is 6.10. The Kier molecular flexibility index (Phi) is 4.50. The summed E-state index contributed by atoms with van der Waals surface area (Å²) in [5.41, 5.74) is 3.75. The van der Waals surface area contributed by atoms with Crippen molar-refractivity contribution in [3.8, 4) is 5.75 Å². The van der Waals surface area contributed by atoms with E-state index < -0.39 is 5.79 Å². The van der Waals surface area contributed by atoms with E-state index in [0.717, 1.165) is 30.8 Å². The number of ether oxygens (including phenoxy) is 3. The summed E-state index contributed by atoms with van der Waals surface area (Å²) in [6.45, 7) is 5.40. The summed E-state index contributed by atoms with van der Waals surface area (Å²) >= 11 is 0. The minimum absolute atomic E-state index is 0.282. The molecule has 0 N–H and O–H groups in total. The molecular formula is C21H25NO3. The minimum atomic E-state index is -0.612. The Bertz CT molecular complexity index is 725. The number of methoxy groups -OCH3 is 1. The van der Waals surface area contributed by atoms with E-state index in [1.165, 1.54) is 11.1 Å². The highest BCUT2D eigenvalue weighted by Gasteiger charge is 2.50. The van der Waals surface area contributed by atoms with Crippen molar-refractivity contribution in [1.29, 1.82) is 0 Å². The molecule has 1 atom stereocenters. The molecule has 4 heteroatoms. The molecule has 1 aliphatic carbocycles. The average molecular weight is 339 g/mol. The van der Waals surface area contributed by atoms with Crippen molar-refractivity contribution in [3.05, 3.63) is 65.2 Å². The number of rotatable bonds is 5. The zero-order valence-electron chi connectivity index (χ0n) is 14.9. The van der Waals surface area contributed by atoms with Gasteiger partial charge in [0.15, 0.2) is 5.79 Å². The van der Waals surface area contributed by atoms with Crippen molar-refractivity contribution in [2.45, 2.75) is 31.7 Å². The third kappa shape index (κ3) is 2.95. The van der Waals surface area contributed by atoms with E-state index in [4.69, 9.17) is 14.2 Å². The lowest BCUT2D eigenvalue weighted by Crippen LogP contribution is -2.30. The van der Waals surface area contributed by atoms with Crippen LogP contribution >= 0.6 is 0 Å². The Labute approximate surface area is 149 Å². The summed E-state index contributed by atoms with van der Waals surface area (Å²) in [5, 5.41) is 0. The highest BCUT2D eigenvalue weighted by Crippen LogP contribution is 2.51. The van der Waals surface area contributed by atoms with Crippen molar-refractivity contribution in [2.24, 2.45) is 0 Å². The third-order valence-corrected chi connectivity index (χ3v) is 5.32. The molecule has 1 fully saturated rings. The lowest BCUT2D eigenvalue weighted by atomic mass is 10.0. The highest BCUT2D eigenvalue weighted by molar-refractivity contribution is 5.44. The fourth-order valence-corrected chi connectivity index (χ4v) is 4.07. The summed E-state index contributed by atoms with van der Waals surface area (Å²) in [7, 11) is 1.70. The summed E-state index contributed by atoms with van der Waals surface area (Å²) in [6, 6.07) is 17.2. The number of fused-ring (bicyclic) bond motifs is 2. The molecule has 0 amide bonds. The van der Waals surface area contributed by atoms with Gasteiger partial charge in [-0.05, 0) is 29.8 Å². The standard InChI is InChI=1S/C21H25NO3/c1-3-22(15-16-7-5-4-6-8-16)20-14-21(24-11-12-25-21)19-13-17(23-2)9-10-18(19)20/h4-10,13,20H,3,11-12,14-15H2,1-2H3. The molecule has 0 radical (unpaired) electrons. The van der Waals surface area contributed by atoms with Crippen LogP contribution in [-0.4, -0.2) is 31.8 Å². The zero-order chi connectivity index (χ0) is 17.3. The first-order valence-electron chi connectivity index (χ1n) is 9.00. The van der Waals surface area contributed by atoms with E-state index in [1.807, 2.05) is 6.07 Å². The van der Waals surface area contributed by atoms with E-state index in [-0.39, 0.29) is 6.04 Å². The Hall–Kier alpha value is -1.88. The predicted molar refractivity (Wildman–Crippen MR) is 96.5 cm³/mol. The Morgan fingerprint density at radius 1 is 1.12 bits per heavy atom. The number of nitrogens with zero attached hydrogens (tertiary/aromatic N) is 1. The second-order valence-corrected chi connectivity index (χ2v) is 6.67. The molecule has 0 bridgehead atoms. The first-order valence-corrected chi connectivity index (χ1v) is 9.00. The van der Waals surface area contributed by atoms with Crippen LogP contribution in [0, 0.1) is 0 Å². The molecule has 132 valence electrons. The molecule has 1 aliphatic heterocycles. The maximum Gasteiger partial charge on any atom is 0.197 e. The molecule has 1 saturated heterocycles. The van der Waals surface area contributed by atoms with Gasteiger partial charge in [0.05, 0.1) is 20.3 Å². The second kappa shape index (κ2) is 6.79. The van der Waals surface area contributed by atoms with E-state index >= 15 is 0 Å². The molecule has 0 saturated carbocycles. The fraction of sp³-hybridized carbons (Fsp3) is 0.429. The van der Waals surface area contributed by atoms with Gasteiger partial charge in [-0.3, -0.25) is 4.90 Å². The number of hydrogen-bond donors (Lipinski definition) is 0. The number of benzene rings is 2. The van der Waals surface area contributed by atoms with Crippen molar-refractivity contribution >= 4 is 0 Å². The molecule has 1 heterocycles. The van der Waals surface area contributed by atoms with E-state index in [9.17, 15) is 0 Å². The van der Waals surface area contributed by atoms with E-state index in [2.05, 4.69) is 54.3 Å². The predicted octanol–water partition coefficient (Wildman–Crippen LogP) is 3.86. The van der Waals surface area contributed by atoms with Crippen LogP contribution in [0.25, 0.3) is 0 Å². The van der Waals surface area contributed by atoms with E-state index in [1.54, 1.807) is 7.11 Å². The van der Waals surface area contributed by atoms with Gasteiger partial charge in [-0.2, -0.15) is 0 Å². The smallest absolute Gasteiger partial charge is 0.197 e. The summed E-state index contributed by atoms with van der Waals surface area (Å²) in [5.74, 6) is 0.238. The van der Waals surface area contributed by atoms with Gasteiger partial charge in [-0.1, -0.05) is 43.3 Å². The highest BCUT2D eigenvalue weighted by atomic mass is 16.7. The maximum atomic E-state index is 6.10. The molecule has 0 aromatic heterocycles. The van der Waals surface area contributed by atoms with Gasteiger partial charge in [-0.15, -0.1) is 0 Å². The van der Waals surface area contributed by atoms with Crippen LogP contribution in [0.3, 0.4) is 0 Å². The topological polar surface area (TPSA) is 30.9 Å². The van der Waals surface area contributed by atoms with Crippen molar-refractivity contribution in [1.82, 2.24) is 4.90 Å². The molecule has 4 rings (SSSR count). The third-order valence-electron chi connectivity index (χ3n) is 5.32. The van der Waals surface area contributed by atoms with Crippen LogP contribution < -0.4 is 4.74 Å². The van der Waals surface area contributed by atoms with Gasteiger partial charge in [-0.25, -0.2) is 0 Å². The lowest BCUT2D eigenvalue weighted by molar-refractivity contribution is -0.171. The molecule has 2 aromatic rings. The van der Waals surface area contributed by atoms with Gasteiger partial charge in [0, 0.05) is 24.6 Å².